The van der Waals surface area contributed by atoms with Gasteiger partial charge in [-0.1, -0.05) is 197 Å². The molecule has 37 nitrogen and oxygen atoms in total. The molecule has 4 aromatic heterocycles. The molecule has 12 amide bonds. The number of nitrogens with two attached hydrogens (primary N) is 5. The molecular weight excluding hydrogens is 1730 g/mol. The zero-order valence-corrected chi connectivity index (χ0v) is 73.3. The summed E-state index contributed by atoms with van der Waals surface area (Å²) in [6, 6.07) is 65.9. The molecule has 708 valence electrons. The molecule has 0 radical (unpaired) electrons. The summed E-state index contributed by atoms with van der Waals surface area (Å²) in [6.45, 7) is 7.77. The van der Waals surface area contributed by atoms with Crippen molar-refractivity contribution in [1.82, 2.24) is 55.9 Å². The van der Waals surface area contributed by atoms with Gasteiger partial charge in [0.2, 0.25) is 29.5 Å². The number of primary amides is 4. The fourth-order valence-electron chi connectivity index (χ4n) is 14.9. The van der Waals surface area contributed by atoms with Crippen LogP contribution in [0.3, 0.4) is 0 Å². The molecule has 19 N–H and O–H groups in total. The Morgan fingerprint density at radius 2 is 0.674 bits per heavy atom. The number of esters is 2. The second-order valence-corrected chi connectivity index (χ2v) is 31.1. The van der Waals surface area contributed by atoms with Gasteiger partial charge in [-0.2, -0.15) is 0 Å². The van der Waals surface area contributed by atoms with E-state index in [4.69, 9.17) is 33.8 Å². The average molecular weight is 1840 g/mol. The van der Waals surface area contributed by atoms with Gasteiger partial charge in [0.05, 0.1) is 87.9 Å². The molecule has 0 aliphatic carbocycles. The zero-order chi connectivity index (χ0) is 95.9. The van der Waals surface area contributed by atoms with E-state index in [-0.39, 0.29) is 102 Å². The summed E-state index contributed by atoms with van der Waals surface area (Å²) in [6.07, 6.45) is 16.4. The second-order valence-electron chi connectivity index (χ2n) is 31.1. The van der Waals surface area contributed by atoms with E-state index in [9.17, 15) is 71.9 Å². The predicted molar refractivity (Wildman–Crippen MR) is 506 cm³/mol. The maximum Gasteiger partial charge on any atom is 0.394 e. The standard InChI is InChI=1S/C26H27N5O3.C21H23N5O4.C19H21N5O3.C18H22N2.C8H7N3O4.C4H6O3.2CH4/c27-24(32)20-13-22(17-28-16-20)30-25(33)26(34)31-12-11-21(29-15-18-7-3-1-4-8-18)14-23(31)19-9-5-2-6-10-19;1-13(27)24-16-7-8-26(18(10-16)14-5-3-2-4-6-14)21(30)20(29)25-17-9-15(19(22)28)11-23-12-17;20-14-6-7-24(16(9-14)12-4-2-1-3-5-12)19(27)18(26)23-15-8-13(17(21)25)10-22-11-15;1-3-7-15(8-4-1)14-20-17-11-12-19-18(13-17)16-9-5-2-6-10-16;9-6(12)4-1-5(3-10-2-4)11-7(13)8(14)15;1-3(5)7-4(2)6;;/h1-10,13,16-17,21,23,29H,11-12,14-15H2,(H2,27,32)(H,30,33);2-6,9,11-12,16,18H,7-8,10H2,1H3,(H2,22,28)(H,24,27)(H,25,29);1-5,8,10-11,14,16H,6-7,9,20H2,(H2,21,25)(H,23,26);1-10,17-20H,11-14H2;1-3H,(H2,9,12)(H,11,13)(H,14,15);1-2H3;2*1H4/t21-,23+;16-,18+;14-,16+;17-,18+;;;;/m0000..../s1. The Labute approximate surface area is 781 Å². The average Bonchev–Trinajstić information content (AvgIpc) is 0.813. The van der Waals surface area contributed by atoms with E-state index < -0.39 is 82.9 Å². The first-order chi connectivity index (χ1) is 63.9. The molecule has 6 aromatic carbocycles. The largest absolute Gasteiger partial charge is 0.474 e. The molecule has 4 aliphatic rings. The third kappa shape index (κ3) is 34.4. The van der Waals surface area contributed by atoms with Crippen molar-refractivity contribution >= 4 is 112 Å². The van der Waals surface area contributed by atoms with Crippen molar-refractivity contribution in [3.63, 3.8) is 0 Å². The molecule has 14 rings (SSSR count). The van der Waals surface area contributed by atoms with E-state index in [1.54, 1.807) is 9.80 Å². The fourth-order valence-corrected chi connectivity index (χ4v) is 14.9. The van der Waals surface area contributed by atoms with Gasteiger partial charge in [-0.3, -0.25) is 87.1 Å². The number of carbonyl (C=O) groups excluding carboxylic acids is 14. The van der Waals surface area contributed by atoms with Gasteiger partial charge >= 0.3 is 59.3 Å². The number of ether oxygens (including phenoxy) is 1. The van der Waals surface area contributed by atoms with E-state index >= 15 is 0 Å². The number of pyridine rings is 4. The van der Waals surface area contributed by atoms with Crippen LogP contribution in [-0.2, 0) is 70.6 Å². The molecule has 37 heteroatoms. The van der Waals surface area contributed by atoms with Gasteiger partial charge in [-0.15, -0.1) is 0 Å². The van der Waals surface area contributed by atoms with Crippen LogP contribution in [0.25, 0.3) is 0 Å². The van der Waals surface area contributed by atoms with Crippen molar-refractivity contribution in [1.29, 1.82) is 0 Å². The number of rotatable bonds is 19. The van der Waals surface area contributed by atoms with Gasteiger partial charge in [-0.05, 0) is 116 Å². The van der Waals surface area contributed by atoms with Crippen LogP contribution in [-0.4, -0.2) is 179 Å². The number of amides is 12. The van der Waals surface area contributed by atoms with Crippen LogP contribution in [0.2, 0.25) is 0 Å². The Balaban J connectivity index is 0.000000230. The van der Waals surface area contributed by atoms with Crippen molar-refractivity contribution in [2.24, 2.45) is 28.7 Å². The normalized spacial score (nSPS) is 17.2. The summed E-state index contributed by atoms with van der Waals surface area (Å²) >= 11 is 0. The predicted octanol–water partition coefficient (Wildman–Crippen LogP) is 8.28. The minimum Gasteiger partial charge on any atom is -0.474 e. The van der Waals surface area contributed by atoms with Crippen molar-refractivity contribution in [3.05, 3.63) is 311 Å². The second kappa shape index (κ2) is 54.0. The first kappa shape index (κ1) is 106. The summed E-state index contributed by atoms with van der Waals surface area (Å²) in [4.78, 5) is 193. The number of hydrogen-bond donors (Lipinski definition) is 14. The number of likely N-dealkylation sites (tertiary alicyclic amines) is 3. The topological polar surface area (TPSA) is 573 Å². The zero-order valence-electron chi connectivity index (χ0n) is 73.3. The number of anilines is 4. The molecule has 4 aliphatic heterocycles. The first-order valence-electron chi connectivity index (χ1n) is 42.5. The van der Waals surface area contributed by atoms with Gasteiger partial charge < -0.3 is 95.7 Å². The number of benzene rings is 6. The molecule has 4 saturated heterocycles. The number of hydrogen-bond acceptors (Lipinski definition) is 24. The monoisotopic (exact) mass is 1840 g/mol. The highest BCUT2D eigenvalue weighted by Gasteiger charge is 2.39. The lowest BCUT2D eigenvalue weighted by Gasteiger charge is -2.39. The fraction of sp³-hybridized carbons (Fsp3) is 0.276. The number of carbonyl (C=O) groups is 15. The number of carboxylic acid groups (broad SMARTS) is 1. The Bertz CT molecular complexity index is 5670. The lowest BCUT2D eigenvalue weighted by Crippen LogP contribution is -2.50. The van der Waals surface area contributed by atoms with Crippen LogP contribution in [0, 0.1) is 0 Å². The molecule has 0 spiro atoms. The molecule has 0 unspecified atom stereocenters. The Hall–Kier alpha value is -16.0. The highest BCUT2D eigenvalue weighted by molar-refractivity contribution is 6.41. The van der Waals surface area contributed by atoms with Crippen molar-refractivity contribution < 1.29 is 81.8 Å². The number of piperidine rings is 4. The molecule has 10 aromatic rings. The molecule has 8 heterocycles. The maximum absolute atomic E-state index is 13.2. The number of nitrogens with one attached hydrogen (secondary N) is 8. The van der Waals surface area contributed by atoms with Gasteiger partial charge in [0.15, 0.2) is 0 Å². The maximum atomic E-state index is 13.2. The van der Waals surface area contributed by atoms with Crippen LogP contribution in [0.4, 0.5) is 22.7 Å². The number of aliphatic carboxylic acids is 1. The van der Waals surface area contributed by atoms with Crippen molar-refractivity contribution in [2.75, 3.05) is 47.4 Å². The van der Waals surface area contributed by atoms with E-state index in [2.05, 4.69) is 135 Å². The lowest BCUT2D eigenvalue weighted by atomic mass is 9.91. The van der Waals surface area contributed by atoms with Crippen molar-refractivity contribution in [3.8, 4) is 0 Å². The SMILES string of the molecule is C.C.CC(=O)N[C@H]1CCN(C(=O)C(=O)Nc2cncc(C(N)=O)c2)[C@@H](c2ccccc2)C1.CC(=O)OC(C)=O.NC(=O)c1cncc(NC(=O)C(=O)N2CC[C@H](N)C[C@@H]2c2ccccc2)c1.NC(=O)c1cncc(NC(=O)C(=O)N2CC[C@H](NCc3ccccc3)C[C@@H]2c2ccccc2)c1.NC(=O)c1cncc(NC(=O)C(=O)O)c1.c1ccc(CN[C@H]2CCN[C@@H](c3ccccc3)C2)cc1. The number of nitrogens with zero attached hydrogens (tertiary/aromatic N) is 7. The minimum atomic E-state index is -1.63. The quantitative estimate of drug-likeness (QED) is 0.0206. The molecule has 135 heavy (non-hydrogen) atoms. The third-order valence-corrected chi connectivity index (χ3v) is 21.3. The molecule has 8 atom stereocenters. The highest BCUT2D eigenvalue weighted by Crippen LogP contribution is 2.35. The van der Waals surface area contributed by atoms with Gasteiger partial charge in [-0.25, -0.2) is 4.79 Å². The Kier molecular flexibility index (Phi) is 42.4. The summed E-state index contributed by atoms with van der Waals surface area (Å²) in [5.41, 5.74) is 34.8. The van der Waals surface area contributed by atoms with Crippen LogP contribution in [0.15, 0.2) is 256 Å². The van der Waals surface area contributed by atoms with E-state index in [1.807, 2.05) is 115 Å². The molecule has 4 fully saturated rings. The highest BCUT2D eigenvalue weighted by atomic mass is 16.6. The number of carboxylic acids is 1. The van der Waals surface area contributed by atoms with E-state index in [1.165, 1.54) is 123 Å². The Morgan fingerprint density at radius 3 is 0.993 bits per heavy atom. The van der Waals surface area contributed by atoms with Crippen LogP contribution >= 0.6 is 0 Å². The van der Waals surface area contributed by atoms with Crippen LogP contribution < -0.4 is 71.2 Å². The minimum absolute atomic E-state index is 0. The first-order valence-corrected chi connectivity index (χ1v) is 42.5. The van der Waals surface area contributed by atoms with Crippen LogP contribution in [0.1, 0.15) is 186 Å². The summed E-state index contributed by atoms with van der Waals surface area (Å²) < 4.78 is 3.97. The van der Waals surface area contributed by atoms with Gasteiger partial charge in [0, 0.05) is 108 Å². The Morgan fingerprint density at radius 1 is 0.378 bits per heavy atom. The molecule has 0 saturated carbocycles. The van der Waals surface area contributed by atoms with Gasteiger partial charge in [0.25, 0.3) is 0 Å². The molecular formula is C98H114N20O17. The summed E-state index contributed by atoms with van der Waals surface area (Å²) in [7, 11) is 0. The summed E-state index contributed by atoms with van der Waals surface area (Å²) in [5.74, 6) is -11.2. The van der Waals surface area contributed by atoms with E-state index in [0.29, 0.717) is 63.8 Å². The third-order valence-electron chi connectivity index (χ3n) is 21.3. The van der Waals surface area contributed by atoms with Crippen LogP contribution in [0.5, 0.6) is 0 Å². The van der Waals surface area contributed by atoms with E-state index in [0.717, 1.165) is 49.2 Å². The molecule has 0 bridgehead atoms. The summed E-state index contributed by atoms with van der Waals surface area (Å²) in [5, 5.41) is 31.6. The lowest BCUT2D eigenvalue weighted by molar-refractivity contribution is -0.156. The smallest absolute Gasteiger partial charge is 0.394 e. The van der Waals surface area contributed by atoms with Crippen molar-refractivity contribution in [2.45, 2.75) is 148 Å². The van der Waals surface area contributed by atoms with Gasteiger partial charge in [0.1, 0.15) is 0 Å². The number of aromatic nitrogens is 4.